The second-order valence-corrected chi connectivity index (χ2v) is 10.3. The number of nitrogens with zero attached hydrogens (tertiary/aromatic N) is 3. The van der Waals surface area contributed by atoms with E-state index in [0.717, 1.165) is 29.5 Å². The van der Waals surface area contributed by atoms with Gasteiger partial charge in [-0.1, -0.05) is 74.0 Å². The van der Waals surface area contributed by atoms with Crippen molar-refractivity contribution in [2.75, 3.05) is 6.54 Å². The van der Waals surface area contributed by atoms with E-state index in [2.05, 4.69) is 22.5 Å². The molecule has 2 aromatic carbocycles. The molecule has 37 heavy (non-hydrogen) atoms. The van der Waals surface area contributed by atoms with Crippen LogP contribution in [0, 0.1) is 6.92 Å². The summed E-state index contributed by atoms with van der Waals surface area (Å²) >= 11 is 1.25. The van der Waals surface area contributed by atoms with Gasteiger partial charge in [-0.05, 0) is 37.5 Å². The van der Waals surface area contributed by atoms with Crippen LogP contribution in [0.1, 0.15) is 56.2 Å². The minimum Gasteiger partial charge on any atom is -0.356 e. The standard InChI is InChI=1S/C28H33N5O3S/c1-4-6-15-29-24(34)16-22-27(36)33-25(31-22)20-9-7-8-10-21(20)32-28(33)37-23(5-2)26(35)30-17-19-13-11-18(3)12-14-19/h7-14,22-23H,4-6,15-17H2,1-3H3,(H,29,34)(H,30,35). The van der Waals surface area contributed by atoms with Crippen LogP contribution in [-0.2, 0) is 20.9 Å². The van der Waals surface area contributed by atoms with E-state index < -0.39 is 11.3 Å². The molecular formula is C28H33N5O3S. The first kappa shape index (κ1) is 26.6. The number of thioether (sulfide) groups is 1. The summed E-state index contributed by atoms with van der Waals surface area (Å²) in [5.41, 5.74) is 3.62. The molecule has 4 rings (SSSR count). The number of fused-ring (bicyclic) bond motifs is 3. The van der Waals surface area contributed by atoms with E-state index in [1.54, 1.807) is 0 Å². The number of benzene rings is 2. The van der Waals surface area contributed by atoms with Gasteiger partial charge in [0.1, 0.15) is 11.9 Å². The zero-order valence-electron chi connectivity index (χ0n) is 21.5. The maximum absolute atomic E-state index is 13.4. The number of carbonyl (C=O) groups is 3. The van der Waals surface area contributed by atoms with Crippen molar-refractivity contribution in [3.63, 3.8) is 0 Å². The first-order valence-electron chi connectivity index (χ1n) is 12.8. The molecule has 194 valence electrons. The molecule has 8 nitrogen and oxygen atoms in total. The SMILES string of the molecule is CCCCNC(=O)CC1N=C2c3ccccc3N=C(SC(CC)C(=O)NCc3ccc(C)cc3)N2C1=O. The van der Waals surface area contributed by atoms with Gasteiger partial charge >= 0.3 is 0 Å². The van der Waals surface area contributed by atoms with Crippen LogP contribution in [0.15, 0.2) is 58.5 Å². The zero-order valence-corrected chi connectivity index (χ0v) is 22.3. The van der Waals surface area contributed by atoms with Crippen LogP contribution < -0.4 is 10.6 Å². The highest BCUT2D eigenvalue weighted by atomic mass is 32.2. The second-order valence-electron chi connectivity index (χ2n) is 9.18. The molecule has 9 heteroatoms. The average Bonchev–Trinajstić information content (AvgIpc) is 3.23. The molecule has 0 saturated heterocycles. The first-order chi connectivity index (χ1) is 17.9. The summed E-state index contributed by atoms with van der Waals surface area (Å²) in [6, 6.07) is 14.7. The lowest BCUT2D eigenvalue weighted by molar-refractivity contribution is -0.128. The molecule has 3 amide bonds. The lowest BCUT2D eigenvalue weighted by Crippen LogP contribution is -2.43. The Balaban J connectivity index is 1.50. The number of aliphatic imine (C=N–C) groups is 2. The number of carbonyl (C=O) groups excluding carboxylic acids is 3. The molecule has 0 fully saturated rings. The van der Waals surface area contributed by atoms with Crippen LogP contribution in [0.4, 0.5) is 5.69 Å². The first-order valence-corrected chi connectivity index (χ1v) is 13.7. The van der Waals surface area contributed by atoms with Crippen molar-refractivity contribution in [3.05, 3.63) is 65.2 Å². The lowest BCUT2D eigenvalue weighted by atomic mass is 10.1. The number of amidine groups is 2. The van der Waals surface area contributed by atoms with Crippen LogP contribution in [0.3, 0.4) is 0 Å². The molecular weight excluding hydrogens is 486 g/mol. The monoisotopic (exact) mass is 519 g/mol. The molecule has 2 N–H and O–H groups in total. The molecule has 0 bridgehead atoms. The van der Waals surface area contributed by atoms with E-state index in [4.69, 9.17) is 4.99 Å². The number of unbranched alkanes of at least 4 members (excludes halogenated alkanes) is 1. The van der Waals surface area contributed by atoms with Crippen molar-refractivity contribution in [1.29, 1.82) is 0 Å². The molecule has 0 aliphatic carbocycles. The topological polar surface area (TPSA) is 103 Å². The number of rotatable bonds is 10. The molecule has 0 saturated carbocycles. The highest BCUT2D eigenvalue weighted by molar-refractivity contribution is 8.15. The Morgan fingerprint density at radius 2 is 1.84 bits per heavy atom. The number of aryl methyl sites for hydroxylation is 1. The summed E-state index contributed by atoms with van der Waals surface area (Å²) in [5, 5.41) is 5.84. The van der Waals surface area contributed by atoms with Crippen molar-refractivity contribution >= 4 is 46.2 Å². The molecule has 0 spiro atoms. The molecule has 2 aliphatic heterocycles. The number of nitrogens with one attached hydrogen (secondary N) is 2. The van der Waals surface area contributed by atoms with Crippen molar-refractivity contribution < 1.29 is 14.4 Å². The smallest absolute Gasteiger partial charge is 0.259 e. The fourth-order valence-corrected chi connectivity index (χ4v) is 5.17. The maximum atomic E-state index is 13.4. The van der Waals surface area contributed by atoms with E-state index in [9.17, 15) is 14.4 Å². The predicted octanol–water partition coefficient (Wildman–Crippen LogP) is 4.09. The largest absolute Gasteiger partial charge is 0.356 e. The number of para-hydroxylation sites is 1. The third-order valence-corrected chi connectivity index (χ3v) is 7.59. The van der Waals surface area contributed by atoms with Gasteiger partial charge in [0.15, 0.2) is 5.17 Å². The quantitative estimate of drug-likeness (QED) is 0.462. The summed E-state index contributed by atoms with van der Waals surface area (Å²) < 4.78 is 0. The molecule has 2 heterocycles. The highest BCUT2D eigenvalue weighted by Crippen LogP contribution is 2.35. The Morgan fingerprint density at radius 1 is 1.08 bits per heavy atom. The van der Waals surface area contributed by atoms with Gasteiger partial charge in [0, 0.05) is 18.7 Å². The summed E-state index contributed by atoms with van der Waals surface area (Å²) in [4.78, 5) is 49.8. The van der Waals surface area contributed by atoms with Crippen LogP contribution in [-0.4, -0.2) is 51.5 Å². The molecule has 0 aromatic heterocycles. The number of amides is 3. The third kappa shape index (κ3) is 6.28. The van der Waals surface area contributed by atoms with E-state index in [0.29, 0.717) is 36.2 Å². The fraction of sp³-hybridized carbons (Fsp3) is 0.393. The molecule has 2 unspecified atom stereocenters. The van der Waals surface area contributed by atoms with E-state index >= 15 is 0 Å². The van der Waals surface area contributed by atoms with Gasteiger partial charge in [-0.25, -0.2) is 9.89 Å². The van der Waals surface area contributed by atoms with Gasteiger partial charge in [0.2, 0.25) is 11.8 Å². The van der Waals surface area contributed by atoms with Gasteiger partial charge < -0.3 is 10.6 Å². The highest BCUT2D eigenvalue weighted by Gasteiger charge is 2.43. The Hall–Kier alpha value is -3.46. The lowest BCUT2D eigenvalue weighted by Gasteiger charge is -2.27. The van der Waals surface area contributed by atoms with E-state index in [1.807, 2.05) is 62.4 Å². The normalized spacial score (nSPS) is 16.9. The van der Waals surface area contributed by atoms with Crippen molar-refractivity contribution in [1.82, 2.24) is 15.5 Å². The van der Waals surface area contributed by atoms with Gasteiger partial charge in [0.05, 0.1) is 17.4 Å². The van der Waals surface area contributed by atoms with Crippen molar-refractivity contribution in [2.24, 2.45) is 9.98 Å². The summed E-state index contributed by atoms with van der Waals surface area (Å²) in [5.74, 6) is -0.125. The maximum Gasteiger partial charge on any atom is 0.259 e. The van der Waals surface area contributed by atoms with Crippen LogP contribution in [0.5, 0.6) is 0 Å². The van der Waals surface area contributed by atoms with Crippen LogP contribution >= 0.6 is 11.8 Å². The Labute approximate surface area is 222 Å². The summed E-state index contributed by atoms with van der Waals surface area (Å²) in [6.07, 6.45) is 2.40. The number of hydrogen-bond acceptors (Lipinski definition) is 6. The summed E-state index contributed by atoms with van der Waals surface area (Å²) in [7, 11) is 0. The van der Waals surface area contributed by atoms with E-state index in [-0.39, 0.29) is 24.1 Å². The van der Waals surface area contributed by atoms with Gasteiger partial charge in [-0.15, -0.1) is 0 Å². The van der Waals surface area contributed by atoms with E-state index in [1.165, 1.54) is 16.7 Å². The minimum atomic E-state index is -0.816. The van der Waals surface area contributed by atoms with Crippen LogP contribution in [0.25, 0.3) is 0 Å². The molecule has 2 aromatic rings. The van der Waals surface area contributed by atoms with Gasteiger partial charge in [-0.3, -0.25) is 19.4 Å². The van der Waals surface area contributed by atoms with Crippen LogP contribution in [0.2, 0.25) is 0 Å². The third-order valence-electron chi connectivity index (χ3n) is 6.28. The Kier molecular flexibility index (Phi) is 8.76. The van der Waals surface area contributed by atoms with Crippen molar-refractivity contribution in [3.8, 4) is 0 Å². The van der Waals surface area contributed by atoms with Gasteiger partial charge in [-0.2, -0.15) is 0 Å². The second kappa shape index (κ2) is 12.2. The zero-order chi connectivity index (χ0) is 26.4. The van der Waals surface area contributed by atoms with Crippen molar-refractivity contribution in [2.45, 2.75) is 64.3 Å². The average molecular weight is 520 g/mol. The van der Waals surface area contributed by atoms with Gasteiger partial charge in [0.25, 0.3) is 5.91 Å². The Bertz CT molecular complexity index is 1220. The molecule has 2 atom stereocenters. The summed E-state index contributed by atoms with van der Waals surface area (Å²) in [6.45, 7) is 7.02. The number of hydrogen-bond donors (Lipinski definition) is 2. The predicted molar refractivity (Wildman–Crippen MR) is 148 cm³/mol. The Morgan fingerprint density at radius 3 is 2.57 bits per heavy atom. The minimum absolute atomic E-state index is 0.0170. The molecule has 2 aliphatic rings. The fourth-order valence-electron chi connectivity index (χ4n) is 4.12. The molecule has 0 radical (unpaired) electrons.